The van der Waals surface area contributed by atoms with Crippen LogP contribution >= 0.6 is 0 Å². The van der Waals surface area contributed by atoms with Crippen molar-refractivity contribution in [2.24, 2.45) is 0 Å². The summed E-state index contributed by atoms with van der Waals surface area (Å²) in [7, 11) is 0. The Bertz CT molecular complexity index is 760. The lowest BCUT2D eigenvalue weighted by Crippen LogP contribution is -2.05. The van der Waals surface area contributed by atoms with Crippen molar-refractivity contribution < 1.29 is 0 Å². The van der Waals surface area contributed by atoms with Crippen LogP contribution in [0.25, 0.3) is 11.2 Å². The molecule has 0 spiro atoms. The van der Waals surface area contributed by atoms with Gasteiger partial charge in [0.05, 0.1) is 11.4 Å². The molecule has 2 aromatic heterocycles. The van der Waals surface area contributed by atoms with Crippen molar-refractivity contribution in [3.63, 3.8) is 0 Å². The number of anilines is 1. The Morgan fingerprint density at radius 1 is 1.26 bits per heavy atom. The number of pyridine rings is 1. The van der Waals surface area contributed by atoms with E-state index in [1.165, 1.54) is 11.3 Å². The van der Waals surface area contributed by atoms with Gasteiger partial charge in [-0.3, -0.25) is 0 Å². The van der Waals surface area contributed by atoms with Gasteiger partial charge in [0.15, 0.2) is 5.65 Å². The van der Waals surface area contributed by atoms with Gasteiger partial charge in [-0.1, -0.05) is 18.2 Å². The van der Waals surface area contributed by atoms with Gasteiger partial charge >= 0.3 is 0 Å². The van der Waals surface area contributed by atoms with Gasteiger partial charge in [-0.25, -0.2) is 9.97 Å². The summed E-state index contributed by atoms with van der Waals surface area (Å²) in [6.07, 6.45) is 1.85. The standard InChI is InChI=1S/C15H14N4/c1-9-6-13-15(17-7-9)19-14(18-13)11-8-16-12-5-3-2-4-10(11)12/h2-7,11,16H,8H2,1H3,(H,17,18,19). The highest BCUT2D eigenvalue weighted by molar-refractivity contribution is 5.72. The molecule has 1 atom stereocenters. The molecule has 1 aromatic carbocycles. The van der Waals surface area contributed by atoms with Gasteiger partial charge in [0.2, 0.25) is 0 Å². The Kier molecular flexibility index (Phi) is 2.12. The van der Waals surface area contributed by atoms with Gasteiger partial charge in [0, 0.05) is 18.4 Å². The third-order valence-corrected chi connectivity index (χ3v) is 3.66. The van der Waals surface area contributed by atoms with Gasteiger partial charge in [0.25, 0.3) is 0 Å². The van der Waals surface area contributed by atoms with Crippen LogP contribution < -0.4 is 5.32 Å². The van der Waals surface area contributed by atoms with Crippen LogP contribution in [-0.2, 0) is 0 Å². The highest BCUT2D eigenvalue weighted by Gasteiger charge is 2.25. The molecule has 4 heteroatoms. The summed E-state index contributed by atoms with van der Waals surface area (Å²) < 4.78 is 0. The summed E-state index contributed by atoms with van der Waals surface area (Å²) in [4.78, 5) is 12.4. The summed E-state index contributed by atoms with van der Waals surface area (Å²) in [5, 5.41) is 3.42. The van der Waals surface area contributed by atoms with Crippen molar-refractivity contribution in [2.45, 2.75) is 12.8 Å². The van der Waals surface area contributed by atoms with Gasteiger partial charge in [-0.15, -0.1) is 0 Å². The zero-order chi connectivity index (χ0) is 12.8. The number of rotatable bonds is 1. The van der Waals surface area contributed by atoms with Crippen molar-refractivity contribution in [3.8, 4) is 0 Å². The van der Waals surface area contributed by atoms with E-state index in [9.17, 15) is 0 Å². The summed E-state index contributed by atoms with van der Waals surface area (Å²) in [6, 6.07) is 10.5. The first-order chi connectivity index (χ1) is 9.31. The molecule has 4 nitrogen and oxygen atoms in total. The number of fused-ring (bicyclic) bond motifs is 2. The third-order valence-electron chi connectivity index (χ3n) is 3.66. The van der Waals surface area contributed by atoms with Crippen LogP contribution in [0, 0.1) is 6.92 Å². The Morgan fingerprint density at radius 3 is 3.11 bits per heavy atom. The molecular formula is C15H14N4. The minimum Gasteiger partial charge on any atom is -0.384 e. The number of aromatic nitrogens is 3. The zero-order valence-corrected chi connectivity index (χ0v) is 10.6. The molecule has 0 amide bonds. The van der Waals surface area contributed by atoms with Crippen molar-refractivity contribution >= 4 is 16.9 Å². The molecule has 19 heavy (non-hydrogen) atoms. The lowest BCUT2D eigenvalue weighted by atomic mass is 10.0. The molecule has 1 aliphatic rings. The smallest absolute Gasteiger partial charge is 0.177 e. The SMILES string of the molecule is Cc1cnc2nc(C3CNc4ccccc43)[nH]c2c1. The average molecular weight is 250 g/mol. The third kappa shape index (κ3) is 1.60. The fourth-order valence-electron chi connectivity index (χ4n) is 2.72. The van der Waals surface area contributed by atoms with Crippen LogP contribution in [0.5, 0.6) is 0 Å². The van der Waals surface area contributed by atoms with Gasteiger partial charge in [-0.05, 0) is 30.2 Å². The molecular weight excluding hydrogens is 236 g/mol. The van der Waals surface area contributed by atoms with E-state index in [4.69, 9.17) is 0 Å². The minimum atomic E-state index is 0.283. The van der Waals surface area contributed by atoms with Crippen LogP contribution in [0.3, 0.4) is 0 Å². The Balaban J connectivity index is 1.83. The maximum atomic E-state index is 4.63. The summed E-state index contributed by atoms with van der Waals surface area (Å²) in [6.45, 7) is 2.93. The number of hydrogen-bond donors (Lipinski definition) is 2. The predicted molar refractivity (Wildman–Crippen MR) is 75.4 cm³/mol. The lowest BCUT2D eigenvalue weighted by Gasteiger charge is -2.05. The number of H-pyrrole nitrogens is 1. The van der Waals surface area contributed by atoms with Gasteiger partial charge < -0.3 is 10.3 Å². The van der Waals surface area contributed by atoms with E-state index in [2.05, 4.69) is 50.6 Å². The van der Waals surface area contributed by atoms with Crippen LogP contribution in [0.2, 0.25) is 0 Å². The molecule has 4 rings (SSSR count). The normalized spacial score (nSPS) is 17.4. The van der Waals surface area contributed by atoms with Gasteiger partial charge in [0.1, 0.15) is 5.82 Å². The molecule has 0 saturated carbocycles. The quantitative estimate of drug-likeness (QED) is 0.698. The van der Waals surface area contributed by atoms with E-state index in [1.54, 1.807) is 0 Å². The molecule has 94 valence electrons. The molecule has 2 N–H and O–H groups in total. The fourth-order valence-corrected chi connectivity index (χ4v) is 2.72. The van der Waals surface area contributed by atoms with Crippen LogP contribution in [0.4, 0.5) is 5.69 Å². The number of hydrogen-bond acceptors (Lipinski definition) is 3. The number of aryl methyl sites for hydroxylation is 1. The van der Waals surface area contributed by atoms with E-state index in [0.717, 1.165) is 29.1 Å². The fraction of sp³-hybridized carbons (Fsp3) is 0.200. The predicted octanol–water partition coefficient (Wildman–Crippen LogP) is 2.82. The first-order valence-electron chi connectivity index (χ1n) is 6.46. The van der Waals surface area contributed by atoms with Crippen molar-refractivity contribution in [2.75, 3.05) is 11.9 Å². The van der Waals surface area contributed by atoms with E-state index in [-0.39, 0.29) is 5.92 Å². The number of imidazole rings is 1. The molecule has 3 heterocycles. The van der Waals surface area contributed by atoms with Crippen molar-refractivity contribution in [1.29, 1.82) is 0 Å². The monoisotopic (exact) mass is 250 g/mol. The number of nitrogens with one attached hydrogen (secondary N) is 2. The topological polar surface area (TPSA) is 53.6 Å². The molecule has 1 unspecified atom stereocenters. The maximum Gasteiger partial charge on any atom is 0.177 e. The zero-order valence-electron chi connectivity index (χ0n) is 10.6. The molecule has 0 fully saturated rings. The first kappa shape index (κ1) is 10.6. The van der Waals surface area contributed by atoms with E-state index in [1.807, 2.05) is 13.1 Å². The largest absolute Gasteiger partial charge is 0.384 e. The molecule has 0 saturated heterocycles. The highest BCUT2D eigenvalue weighted by Crippen LogP contribution is 2.34. The Labute approximate surface area is 110 Å². The molecule has 3 aromatic rings. The van der Waals surface area contributed by atoms with E-state index in [0.29, 0.717) is 0 Å². The second-order valence-electron chi connectivity index (χ2n) is 5.03. The maximum absolute atomic E-state index is 4.63. The van der Waals surface area contributed by atoms with Crippen LogP contribution in [0.15, 0.2) is 36.5 Å². The second-order valence-corrected chi connectivity index (χ2v) is 5.03. The van der Waals surface area contributed by atoms with Crippen LogP contribution in [-0.4, -0.2) is 21.5 Å². The van der Waals surface area contributed by atoms with E-state index >= 15 is 0 Å². The average Bonchev–Trinajstić information content (AvgIpc) is 3.00. The second kappa shape index (κ2) is 3.82. The number of aromatic amines is 1. The Hall–Kier alpha value is -2.36. The van der Waals surface area contributed by atoms with E-state index < -0.39 is 0 Å². The van der Waals surface area contributed by atoms with Crippen molar-refractivity contribution in [1.82, 2.24) is 15.0 Å². The molecule has 0 aliphatic carbocycles. The summed E-state index contributed by atoms with van der Waals surface area (Å²) in [5.74, 6) is 1.27. The summed E-state index contributed by atoms with van der Waals surface area (Å²) >= 11 is 0. The number of benzene rings is 1. The molecule has 0 bridgehead atoms. The number of para-hydroxylation sites is 1. The van der Waals surface area contributed by atoms with Crippen LogP contribution in [0.1, 0.15) is 22.9 Å². The van der Waals surface area contributed by atoms with Crippen molar-refractivity contribution in [3.05, 3.63) is 53.5 Å². The molecule has 1 aliphatic heterocycles. The Morgan fingerprint density at radius 2 is 2.16 bits per heavy atom. The number of nitrogens with zero attached hydrogens (tertiary/aromatic N) is 2. The highest BCUT2D eigenvalue weighted by atomic mass is 15.0. The van der Waals surface area contributed by atoms with Gasteiger partial charge in [-0.2, -0.15) is 0 Å². The molecule has 0 radical (unpaired) electrons. The summed E-state index contributed by atoms with van der Waals surface area (Å²) in [5.41, 5.74) is 5.47. The first-order valence-corrected chi connectivity index (χ1v) is 6.46. The minimum absolute atomic E-state index is 0.283. The lowest BCUT2D eigenvalue weighted by molar-refractivity contribution is 0.835.